The summed E-state index contributed by atoms with van der Waals surface area (Å²) in [5, 5.41) is 0. The molecule has 0 radical (unpaired) electrons. The van der Waals surface area contributed by atoms with Gasteiger partial charge < -0.3 is 12.4 Å². The Kier molecular flexibility index (Phi) is 5.80. The molecule has 20 heavy (non-hydrogen) atoms. The summed E-state index contributed by atoms with van der Waals surface area (Å²) in [6.07, 6.45) is 0. The second kappa shape index (κ2) is 7.60. The zero-order valence-electron chi connectivity index (χ0n) is 11.0. The zero-order chi connectivity index (χ0) is 12.9. The molecule has 0 nitrogen and oxygen atoms in total. The molecular formula is C18H15ClPb. The Hall–Kier alpha value is -1.13. The van der Waals surface area contributed by atoms with Gasteiger partial charge in [0.1, 0.15) is 0 Å². The van der Waals surface area contributed by atoms with Crippen molar-refractivity contribution >= 4 is 32.1 Å². The molecule has 0 saturated heterocycles. The Bertz CT molecular complexity index is 529. The van der Waals surface area contributed by atoms with Gasteiger partial charge in [-0.1, -0.05) is 0 Å². The Morgan fingerprint density at radius 3 is 0.900 bits per heavy atom. The molecule has 0 amide bonds. The first-order valence-electron chi connectivity index (χ1n) is 6.48. The topological polar surface area (TPSA) is 0 Å². The fraction of sp³-hybridized carbons (Fsp3) is 0. The van der Waals surface area contributed by atoms with E-state index in [0.29, 0.717) is 0 Å². The van der Waals surface area contributed by atoms with Crippen molar-refractivity contribution in [2.75, 3.05) is 0 Å². The quantitative estimate of drug-likeness (QED) is 0.437. The summed E-state index contributed by atoms with van der Waals surface area (Å²) in [6, 6.07) is 33.0. The molecule has 0 bridgehead atoms. The van der Waals surface area contributed by atoms with Gasteiger partial charge in [-0.05, 0) is 0 Å². The normalized spacial score (nSPS) is 9.60. The Morgan fingerprint density at radius 2 is 0.650 bits per heavy atom. The van der Waals surface area contributed by atoms with Gasteiger partial charge in [0.25, 0.3) is 0 Å². The van der Waals surface area contributed by atoms with Gasteiger partial charge in [0.05, 0.1) is 0 Å². The molecule has 2 heteroatoms. The molecule has 3 aromatic rings. The van der Waals surface area contributed by atoms with Crippen molar-refractivity contribution < 1.29 is 12.4 Å². The van der Waals surface area contributed by atoms with Gasteiger partial charge in [0.2, 0.25) is 0 Å². The number of halogens is 1. The van der Waals surface area contributed by atoms with Gasteiger partial charge in [-0.25, -0.2) is 0 Å². The van der Waals surface area contributed by atoms with Crippen LogP contribution in [-0.4, -0.2) is 22.7 Å². The van der Waals surface area contributed by atoms with E-state index in [1.807, 2.05) is 0 Å². The standard InChI is InChI=1S/3C6H5.ClH.Pb/c3*1-2-4-6-5-3-1;;/h3*1-5H;1H;/q;;;;+1/p-1. The van der Waals surface area contributed by atoms with Gasteiger partial charge in [-0.15, -0.1) is 0 Å². The zero-order valence-corrected chi connectivity index (χ0v) is 15.7. The summed E-state index contributed by atoms with van der Waals surface area (Å²) in [4.78, 5) is 0. The third kappa shape index (κ3) is 3.50. The van der Waals surface area contributed by atoms with Crippen LogP contribution in [0.5, 0.6) is 0 Å². The molecular weight excluding hydrogens is 459 g/mol. The van der Waals surface area contributed by atoms with Crippen molar-refractivity contribution in [1.29, 1.82) is 0 Å². The van der Waals surface area contributed by atoms with E-state index in [2.05, 4.69) is 91.0 Å². The van der Waals surface area contributed by atoms with E-state index in [1.165, 1.54) is 0 Å². The minimum atomic E-state index is -2.17. The second-order valence-electron chi connectivity index (χ2n) is 4.47. The Balaban J connectivity index is 0.00000147. The summed E-state index contributed by atoms with van der Waals surface area (Å²) >= 11 is -2.17. The average molecular weight is 474 g/mol. The molecule has 0 aliphatic carbocycles. The SMILES string of the molecule is [Cl-].c1cc[c]([Pb+]([c]2ccccc2)[c]2ccccc2)cc1. The molecule has 0 N–H and O–H groups in total. The first-order chi connectivity index (χ1) is 9.45. The summed E-state index contributed by atoms with van der Waals surface area (Å²) in [7, 11) is 0. The molecule has 0 unspecified atom stereocenters. The van der Waals surface area contributed by atoms with Crippen LogP contribution in [0.3, 0.4) is 0 Å². The van der Waals surface area contributed by atoms with E-state index in [0.717, 1.165) is 0 Å². The number of rotatable bonds is 3. The fourth-order valence-electron chi connectivity index (χ4n) is 2.31. The monoisotopic (exact) mass is 474 g/mol. The van der Waals surface area contributed by atoms with E-state index < -0.39 is 22.7 Å². The predicted octanol–water partition coefficient (Wildman–Crippen LogP) is -0.793. The van der Waals surface area contributed by atoms with Crippen LogP contribution < -0.4 is 21.8 Å². The molecule has 0 aromatic heterocycles. The van der Waals surface area contributed by atoms with Crippen LogP contribution in [0.25, 0.3) is 0 Å². The number of benzene rings is 3. The van der Waals surface area contributed by atoms with Crippen molar-refractivity contribution in [2.45, 2.75) is 0 Å². The average Bonchev–Trinajstić information content (AvgIpc) is 2.51. The van der Waals surface area contributed by atoms with Crippen LogP contribution in [0.2, 0.25) is 0 Å². The maximum atomic E-state index is 2.29. The number of hydrogen-bond donors (Lipinski definition) is 0. The minimum absolute atomic E-state index is 0. The van der Waals surface area contributed by atoms with Crippen molar-refractivity contribution in [2.24, 2.45) is 0 Å². The van der Waals surface area contributed by atoms with E-state index in [4.69, 9.17) is 0 Å². The molecule has 0 atom stereocenters. The fourth-order valence-corrected chi connectivity index (χ4v) is 12.3. The van der Waals surface area contributed by atoms with E-state index in [9.17, 15) is 0 Å². The van der Waals surface area contributed by atoms with Gasteiger partial charge in [-0.2, -0.15) is 0 Å². The summed E-state index contributed by atoms with van der Waals surface area (Å²) in [6.45, 7) is 0. The molecule has 0 fully saturated rings. The van der Waals surface area contributed by atoms with Crippen LogP contribution in [0.15, 0.2) is 91.0 Å². The van der Waals surface area contributed by atoms with Crippen molar-refractivity contribution in [3.05, 3.63) is 91.0 Å². The maximum absolute atomic E-state index is 2.29. The van der Waals surface area contributed by atoms with Gasteiger partial charge >= 0.3 is 123 Å². The van der Waals surface area contributed by atoms with E-state index >= 15 is 0 Å². The van der Waals surface area contributed by atoms with Crippen molar-refractivity contribution in [1.82, 2.24) is 0 Å². The summed E-state index contributed by atoms with van der Waals surface area (Å²) < 4.78 is 4.64. The van der Waals surface area contributed by atoms with Crippen LogP contribution in [0, 0.1) is 0 Å². The summed E-state index contributed by atoms with van der Waals surface area (Å²) in [5.41, 5.74) is 0. The van der Waals surface area contributed by atoms with Gasteiger partial charge in [-0.3, -0.25) is 0 Å². The van der Waals surface area contributed by atoms with Gasteiger partial charge in [0.15, 0.2) is 0 Å². The van der Waals surface area contributed by atoms with Crippen LogP contribution in [-0.2, 0) is 0 Å². The van der Waals surface area contributed by atoms with E-state index in [1.54, 1.807) is 9.37 Å². The first-order valence-corrected chi connectivity index (χ1v) is 12.3. The first kappa shape index (κ1) is 15.3. The van der Waals surface area contributed by atoms with Crippen molar-refractivity contribution in [3.8, 4) is 0 Å². The molecule has 0 saturated carbocycles. The Labute approximate surface area is 135 Å². The third-order valence-corrected chi connectivity index (χ3v) is 13.8. The molecule has 98 valence electrons. The van der Waals surface area contributed by atoms with Crippen molar-refractivity contribution in [3.63, 3.8) is 0 Å². The van der Waals surface area contributed by atoms with E-state index in [-0.39, 0.29) is 12.4 Å². The third-order valence-electron chi connectivity index (χ3n) is 3.19. The Morgan fingerprint density at radius 1 is 0.400 bits per heavy atom. The molecule has 0 spiro atoms. The van der Waals surface area contributed by atoms with Crippen LogP contribution in [0.4, 0.5) is 0 Å². The molecule has 0 aliphatic rings. The predicted molar refractivity (Wildman–Crippen MR) is 84.0 cm³/mol. The summed E-state index contributed by atoms with van der Waals surface area (Å²) in [5.74, 6) is 0. The van der Waals surface area contributed by atoms with Crippen LogP contribution >= 0.6 is 0 Å². The van der Waals surface area contributed by atoms with Crippen LogP contribution in [0.1, 0.15) is 0 Å². The second-order valence-corrected chi connectivity index (χ2v) is 14.1. The number of hydrogen-bond acceptors (Lipinski definition) is 0. The molecule has 0 aliphatic heterocycles. The van der Waals surface area contributed by atoms with Gasteiger partial charge in [0, 0.05) is 0 Å². The molecule has 3 rings (SSSR count). The molecule has 3 aromatic carbocycles. The molecule has 0 heterocycles.